The van der Waals surface area contributed by atoms with Crippen LogP contribution in [-0.2, 0) is 62.5 Å². The first-order valence-electron chi connectivity index (χ1n) is 20.9. The van der Waals surface area contributed by atoms with Crippen molar-refractivity contribution < 1.29 is 52.8 Å². The summed E-state index contributed by atoms with van der Waals surface area (Å²) in [5, 5.41) is 23.2. The molecule has 3 saturated heterocycles. The maximum Gasteiger partial charge on any atom is 0.187 e. The highest BCUT2D eigenvalue weighted by Crippen LogP contribution is 2.37. The molecule has 3 fully saturated rings. The second-order valence-corrected chi connectivity index (χ2v) is 15.2. The highest BCUT2D eigenvalue weighted by Gasteiger charge is 2.54. The van der Waals surface area contributed by atoms with Crippen LogP contribution < -0.4 is 0 Å². The van der Waals surface area contributed by atoms with E-state index in [0.29, 0.717) is 13.2 Å². The summed E-state index contributed by atoms with van der Waals surface area (Å²) in [7, 11) is 0. The molecule has 59 heavy (non-hydrogen) atoms. The molecule has 0 aliphatic carbocycles. The molecule has 3 heterocycles. The van der Waals surface area contributed by atoms with Crippen molar-refractivity contribution in [3.63, 3.8) is 0 Å². The molecule has 0 amide bonds. The van der Waals surface area contributed by atoms with Crippen LogP contribution in [0.2, 0.25) is 0 Å². The van der Waals surface area contributed by atoms with Crippen LogP contribution in [-0.4, -0.2) is 91.4 Å². The zero-order valence-electron chi connectivity index (χ0n) is 33.5. The molecule has 316 valence electrons. The lowest BCUT2D eigenvalue weighted by Crippen LogP contribution is -2.66. The Balaban J connectivity index is 1.15. The topological polar surface area (TPSA) is 124 Å². The number of aliphatic hydroxyl groups excluding tert-OH is 2. The van der Waals surface area contributed by atoms with Gasteiger partial charge in [-0.2, -0.15) is 0 Å². The maximum atomic E-state index is 11.7. The Morgan fingerprint density at radius 2 is 1.19 bits per heavy atom. The number of hydrogen-bond acceptors (Lipinski definition) is 11. The molecule has 11 nitrogen and oxygen atoms in total. The lowest BCUT2D eigenvalue weighted by Gasteiger charge is -2.50. The first-order valence-corrected chi connectivity index (χ1v) is 20.9. The van der Waals surface area contributed by atoms with Crippen molar-refractivity contribution in [2.45, 2.75) is 120 Å². The normalized spacial score (nSPS) is 29.4. The van der Waals surface area contributed by atoms with Crippen molar-refractivity contribution in [2.75, 3.05) is 19.8 Å². The summed E-state index contributed by atoms with van der Waals surface area (Å²) in [5.41, 5.74) is 3.71. The predicted molar refractivity (Wildman–Crippen MR) is 220 cm³/mol. The second kappa shape index (κ2) is 22.7. The van der Waals surface area contributed by atoms with Gasteiger partial charge in [-0.25, -0.2) is 0 Å². The largest absolute Gasteiger partial charge is 0.387 e. The second-order valence-electron chi connectivity index (χ2n) is 15.2. The van der Waals surface area contributed by atoms with Gasteiger partial charge in [-0.1, -0.05) is 140 Å². The summed E-state index contributed by atoms with van der Waals surface area (Å²) in [6.45, 7) is 5.31. The van der Waals surface area contributed by atoms with Gasteiger partial charge in [-0.3, -0.25) is 0 Å². The highest BCUT2D eigenvalue weighted by molar-refractivity contribution is 5.18. The Kier molecular flexibility index (Phi) is 16.6. The number of hydrogen-bond donors (Lipinski definition) is 2. The molecule has 4 aromatic carbocycles. The van der Waals surface area contributed by atoms with Gasteiger partial charge in [0, 0.05) is 12.2 Å². The van der Waals surface area contributed by atoms with E-state index in [-0.39, 0.29) is 26.4 Å². The van der Waals surface area contributed by atoms with Crippen molar-refractivity contribution in [1.82, 2.24) is 0 Å². The van der Waals surface area contributed by atoms with Crippen molar-refractivity contribution in [3.05, 3.63) is 156 Å². The molecule has 1 unspecified atom stereocenters. The number of benzene rings is 4. The van der Waals surface area contributed by atoms with Gasteiger partial charge in [0.1, 0.15) is 48.8 Å². The van der Waals surface area contributed by atoms with Crippen LogP contribution in [0.1, 0.15) is 60.6 Å². The first kappa shape index (κ1) is 43.3. The Bertz CT molecular complexity index is 1770. The summed E-state index contributed by atoms with van der Waals surface area (Å²) in [6, 6.07) is 39.1. The summed E-state index contributed by atoms with van der Waals surface area (Å²) in [4.78, 5) is 0. The fraction of sp³-hybridized carbons (Fsp3) is 0.458. The number of rotatable bonds is 21. The van der Waals surface area contributed by atoms with Crippen molar-refractivity contribution in [2.24, 2.45) is 0 Å². The van der Waals surface area contributed by atoms with Crippen LogP contribution in [0.5, 0.6) is 0 Å². The van der Waals surface area contributed by atoms with E-state index in [1.54, 1.807) is 0 Å². The molecule has 0 saturated carbocycles. The van der Waals surface area contributed by atoms with Crippen LogP contribution in [0, 0.1) is 0 Å². The Labute approximate surface area is 347 Å². The first-order chi connectivity index (χ1) is 29.1. The smallest absolute Gasteiger partial charge is 0.187 e. The molecular weight excluding hydrogens is 753 g/mol. The van der Waals surface area contributed by atoms with Crippen LogP contribution in [0.15, 0.2) is 134 Å². The van der Waals surface area contributed by atoms with E-state index in [0.717, 1.165) is 54.4 Å². The third-order valence-corrected chi connectivity index (χ3v) is 10.8. The van der Waals surface area contributed by atoms with E-state index in [1.165, 1.54) is 0 Å². The number of allylic oxidation sites excluding steroid dienone is 1. The molecule has 11 atom stereocenters. The summed E-state index contributed by atoms with van der Waals surface area (Å²) < 4.78 is 58.6. The zero-order valence-corrected chi connectivity index (χ0v) is 33.5. The minimum atomic E-state index is -1.48. The molecule has 0 aromatic heterocycles. The van der Waals surface area contributed by atoms with Gasteiger partial charge in [-0.15, -0.1) is 6.58 Å². The Morgan fingerprint density at radius 1 is 0.593 bits per heavy atom. The average molecular weight is 811 g/mol. The minimum absolute atomic E-state index is 0.0972. The van der Waals surface area contributed by atoms with E-state index in [2.05, 4.69) is 6.58 Å². The van der Waals surface area contributed by atoms with Crippen molar-refractivity contribution in [1.29, 1.82) is 0 Å². The summed E-state index contributed by atoms with van der Waals surface area (Å²) in [6.07, 6.45) is -3.62. The van der Waals surface area contributed by atoms with Gasteiger partial charge in [0.15, 0.2) is 18.9 Å². The van der Waals surface area contributed by atoms with Gasteiger partial charge in [0.25, 0.3) is 0 Å². The van der Waals surface area contributed by atoms with E-state index in [9.17, 15) is 10.2 Å². The SMILES string of the molecule is C=CCCCCCCO[C@@H]1O[C@H](COCc2ccccc2)[C@@H](O[C@@H]2O[C@@H]3COC(c4ccccc4)O[C@@H]3[C@H](O)[C@H]2O)[C@H](OCc2ccccc2)[C@H]1OCc1ccccc1. The quantitative estimate of drug-likeness (QED) is 0.0657. The number of aliphatic hydroxyl groups is 2. The standard InChI is InChI=1S/C48H58O11/c1-2-3-4-5-6-19-28-52-48-45(54-31-36-24-15-9-16-25-36)44(53-30-35-22-13-8-14-23-35)43(38(57-48)32-51-29-34-20-11-7-12-21-34)59-47-41(50)40(49)42-39(56-47)33-55-46(58-42)37-26-17-10-18-27-37/h2,7-18,20-27,38-50H,1,3-6,19,28-33H2/t38-,39-,40-,41-,42+,43-,44+,45-,46?,47+,48-/m1/s1. The molecule has 4 aromatic rings. The van der Waals surface area contributed by atoms with Gasteiger partial charge < -0.3 is 52.8 Å². The summed E-state index contributed by atoms with van der Waals surface area (Å²) >= 11 is 0. The van der Waals surface area contributed by atoms with Gasteiger partial charge >= 0.3 is 0 Å². The molecule has 7 rings (SSSR count). The molecule has 3 aliphatic heterocycles. The van der Waals surface area contributed by atoms with Gasteiger partial charge in [0.2, 0.25) is 0 Å². The van der Waals surface area contributed by atoms with Crippen LogP contribution in [0.4, 0.5) is 0 Å². The molecule has 0 bridgehead atoms. The third-order valence-electron chi connectivity index (χ3n) is 10.8. The number of ether oxygens (including phenoxy) is 9. The van der Waals surface area contributed by atoms with E-state index in [1.807, 2.05) is 127 Å². The molecule has 11 heteroatoms. The van der Waals surface area contributed by atoms with E-state index in [4.69, 9.17) is 42.6 Å². The average Bonchev–Trinajstić information content (AvgIpc) is 3.28. The fourth-order valence-electron chi connectivity index (χ4n) is 7.65. The lowest BCUT2D eigenvalue weighted by molar-refractivity contribution is -0.390. The molecule has 3 aliphatic rings. The van der Waals surface area contributed by atoms with Crippen LogP contribution in [0.3, 0.4) is 0 Å². The lowest BCUT2D eigenvalue weighted by atomic mass is 9.95. The van der Waals surface area contributed by atoms with Gasteiger partial charge in [0.05, 0.1) is 33.0 Å². The highest BCUT2D eigenvalue weighted by atomic mass is 16.8. The fourth-order valence-corrected chi connectivity index (χ4v) is 7.65. The third kappa shape index (κ3) is 12.2. The van der Waals surface area contributed by atoms with Crippen LogP contribution in [0.25, 0.3) is 0 Å². The van der Waals surface area contributed by atoms with Crippen LogP contribution >= 0.6 is 0 Å². The predicted octanol–water partition coefficient (Wildman–Crippen LogP) is 7.20. The van der Waals surface area contributed by atoms with E-state index < -0.39 is 67.7 Å². The van der Waals surface area contributed by atoms with Gasteiger partial charge in [-0.05, 0) is 36.0 Å². The minimum Gasteiger partial charge on any atom is -0.387 e. The Hall–Kier alpha value is -3.82. The molecule has 0 spiro atoms. The monoisotopic (exact) mass is 810 g/mol. The summed E-state index contributed by atoms with van der Waals surface area (Å²) in [5.74, 6) is 0. The molecule has 2 N–H and O–H groups in total. The molecule has 0 radical (unpaired) electrons. The van der Waals surface area contributed by atoms with Crippen molar-refractivity contribution in [3.8, 4) is 0 Å². The number of fused-ring (bicyclic) bond motifs is 1. The van der Waals surface area contributed by atoms with E-state index >= 15 is 0 Å². The molecular formula is C48H58O11. The Morgan fingerprint density at radius 3 is 1.83 bits per heavy atom. The number of unbranched alkanes of at least 4 members (excludes halogenated alkanes) is 4. The zero-order chi connectivity index (χ0) is 40.7. The maximum absolute atomic E-state index is 11.7. The van der Waals surface area contributed by atoms with Crippen molar-refractivity contribution >= 4 is 0 Å².